The van der Waals surface area contributed by atoms with Crippen LogP contribution in [0.15, 0.2) is 42.5 Å². The monoisotopic (exact) mass is 425 g/mol. The summed E-state index contributed by atoms with van der Waals surface area (Å²) in [6.07, 6.45) is 4.66. The average Bonchev–Trinajstić information content (AvgIpc) is 2.79. The van der Waals surface area contributed by atoms with Crippen LogP contribution in [0.5, 0.6) is 11.5 Å². The van der Waals surface area contributed by atoms with E-state index in [2.05, 4.69) is 0 Å². The van der Waals surface area contributed by atoms with E-state index in [1.54, 1.807) is 35.3 Å². The van der Waals surface area contributed by atoms with Gasteiger partial charge in [0.2, 0.25) is 5.91 Å². The molecule has 2 heterocycles. The zero-order valence-corrected chi connectivity index (χ0v) is 17.7. The Morgan fingerprint density at radius 3 is 2.50 bits per heavy atom. The summed E-state index contributed by atoms with van der Waals surface area (Å²) in [6.45, 7) is 4.10. The van der Waals surface area contributed by atoms with E-state index < -0.39 is 0 Å². The standard InChI is InChI=1S/C24H24ClNO4/c1-16-2-3-17(14-20(16)25)4-7-23(27)26-10-8-18(9-11-26)24(28)19-5-6-21-22(15-19)30-13-12-29-21/h2-7,14-15,18H,8-13H2,1H3. The number of Topliss-reactive ketones (excluding diaryl/α,β-unsaturated/α-hetero) is 1. The van der Waals surface area contributed by atoms with Crippen molar-refractivity contribution in [2.75, 3.05) is 26.3 Å². The minimum Gasteiger partial charge on any atom is -0.486 e. The molecule has 1 fully saturated rings. The number of hydrogen-bond acceptors (Lipinski definition) is 4. The molecule has 156 valence electrons. The van der Waals surface area contributed by atoms with E-state index in [4.69, 9.17) is 21.1 Å². The summed E-state index contributed by atoms with van der Waals surface area (Å²) in [4.78, 5) is 27.2. The normalized spacial score (nSPS) is 16.7. The molecule has 0 aromatic heterocycles. The van der Waals surface area contributed by atoms with Gasteiger partial charge in [-0.1, -0.05) is 23.7 Å². The van der Waals surface area contributed by atoms with Gasteiger partial charge < -0.3 is 14.4 Å². The lowest BCUT2D eigenvalue weighted by atomic mass is 9.88. The highest BCUT2D eigenvalue weighted by Gasteiger charge is 2.28. The number of nitrogens with zero attached hydrogens (tertiary/aromatic N) is 1. The molecule has 2 aromatic rings. The van der Waals surface area contributed by atoms with Gasteiger partial charge in [-0.15, -0.1) is 0 Å². The first-order chi connectivity index (χ1) is 14.5. The topological polar surface area (TPSA) is 55.8 Å². The first kappa shape index (κ1) is 20.5. The number of hydrogen-bond donors (Lipinski definition) is 0. The van der Waals surface area contributed by atoms with Gasteiger partial charge in [-0.2, -0.15) is 0 Å². The Hall–Kier alpha value is -2.79. The molecule has 2 aliphatic heterocycles. The van der Waals surface area contributed by atoms with Crippen LogP contribution < -0.4 is 9.47 Å². The van der Waals surface area contributed by atoms with Gasteiger partial charge in [0, 0.05) is 35.7 Å². The highest BCUT2D eigenvalue weighted by molar-refractivity contribution is 6.31. The summed E-state index contributed by atoms with van der Waals surface area (Å²) < 4.78 is 11.1. The van der Waals surface area contributed by atoms with Gasteiger partial charge in [-0.3, -0.25) is 9.59 Å². The fourth-order valence-corrected chi connectivity index (χ4v) is 3.97. The summed E-state index contributed by atoms with van der Waals surface area (Å²) in [5.41, 5.74) is 2.53. The third-order valence-corrected chi connectivity index (χ3v) is 6.03. The van der Waals surface area contributed by atoms with E-state index in [9.17, 15) is 9.59 Å². The molecule has 6 heteroatoms. The van der Waals surface area contributed by atoms with Crippen LogP contribution in [0.2, 0.25) is 5.02 Å². The fourth-order valence-electron chi connectivity index (χ4n) is 3.78. The van der Waals surface area contributed by atoms with Crippen molar-refractivity contribution in [2.45, 2.75) is 19.8 Å². The summed E-state index contributed by atoms with van der Waals surface area (Å²) >= 11 is 6.14. The maximum Gasteiger partial charge on any atom is 0.246 e. The number of rotatable bonds is 4. The predicted molar refractivity (Wildman–Crippen MR) is 116 cm³/mol. The van der Waals surface area contributed by atoms with Crippen LogP contribution in [0.4, 0.5) is 0 Å². The number of halogens is 1. The number of ether oxygens (including phenoxy) is 2. The van der Waals surface area contributed by atoms with Crippen molar-refractivity contribution in [3.8, 4) is 11.5 Å². The van der Waals surface area contributed by atoms with Crippen molar-refractivity contribution in [3.63, 3.8) is 0 Å². The number of benzene rings is 2. The molecule has 0 saturated carbocycles. The Labute approximate surface area is 181 Å². The van der Waals surface area contributed by atoms with Crippen molar-refractivity contribution in [2.24, 2.45) is 5.92 Å². The number of aryl methyl sites for hydroxylation is 1. The quantitative estimate of drug-likeness (QED) is 0.532. The van der Waals surface area contributed by atoms with Crippen LogP contribution in [0, 0.1) is 12.8 Å². The SMILES string of the molecule is Cc1ccc(C=CC(=O)N2CCC(C(=O)c3ccc4c(c3)OCCO4)CC2)cc1Cl. The zero-order chi connectivity index (χ0) is 21.1. The van der Waals surface area contributed by atoms with Crippen molar-refractivity contribution < 1.29 is 19.1 Å². The summed E-state index contributed by atoms with van der Waals surface area (Å²) in [6, 6.07) is 11.1. The van der Waals surface area contributed by atoms with E-state index >= 15 is 0 Å². The van der Waals surface area contributed by atoms with Gasteiger partial charge >= 0.3 is 0 Å². The van der Waals surface area contributed by atoms with Crippen LogP contribution in [0.1, 0.15) is 34.3 Å². The van der Waals surface area contributed by atoms with Crippen LogP contribution in [-0.2, 0) is 4.79 Å². The van der Waals surface area contributed by atoms with Gasteiger partial charge in [-0.25, -0.2) is 0 Å². The summed E-state index contributed by atoms with van der Waals surface area (Å²) in [5, 5.41) is 0.683. The van der Waals surface area contributed by atoms with E-state index in [0.717, 1.165) is 11.1 Å². The van der Waals surface area contributed by atoms with Crippen LogP contribution in [-0.4, -0.2) is 42.9 Å². The predicted octanol–water partition coefficient (Wildman–Crippen LogP) is 4.55. The maximum absolute atomic E-state index is 12.9. The highest BCUT2D eigenvalue weighted by Crippen LogP contribution is 2.32. The largest absolute Gasteiger partial charge is 0.486 e. The lowest BCUT2D eigenvalue weighted by Gasteiger charge is -2.30. The third kappa shape index (κ3) is 4.51. The first-order valence-corrected chi connectivity index (χ1v) is 10.6. The Morgan fingerprint density at radius 2 is 1.77 bits per heavy atom. The lowest BCUT2D eigenvalue weighted by molar-refractivity contribution is -0.127. The molecule has 2 aromatic carbocycles. The first-order valence-electron chi connectivity index (χ1n) is 10.2. The van der Waals surface area contributed by atoms with Gasteiger partial charge in [-0.05, 0) is 61.2 Å². The minimum atomic E-state index is -0.0866. The Kier molecular flexibility index (Phi) is 6.09. The Balaban J connectivity index is 1.34. The van der Waals surface area contributed by atoms with E-state index in [0.29, 0.717) is 61.2 Å². The van der Waals surface area contributed by atoms with E-state index in [1.807, 2.05) is 25.1 Å². The number of carbonyl (C=O) groups excluding carboxylic acids is 2. The van der Waals surface area contributed by atoms with Crippen LogP contribution in [0.3, 0.4) is 0 Å². The van der Waals surface area contributed by atoms with Gasteiger partial charge in [0.15, 0.2) is 17.3 Å². The molecule has 0 unspecified atom stereocenters. The lowest BCUT2D eigenvalue weighted by Crippen LogP contribution is -2.39. The smallest absolute Gasteiger partial charge is 0.246 e. The molecular weight excluding hydrogens is 402 g/mol. The van der Waals surface area contributed by atoms with Crippen molar-refractivity contribution in [1.82, 2.24) is 4.90 Å². The molecule has 4 rings (SSSR count). The molecular formula is C24H24ClNO4. The number of carbonyl (C=O) groups is 2. The molecule has 5 nitrogen and oxygen atoms in total. The minimum absolute atomic E-state index is 0.0445. The number of amides is 1. The second-order valence-electron chi connectivity index (χ2n) is 7.66. The Bertz CT molecular complexity index is 993. The zero-order valence-electron chi connectivity index (χ0n) is 16.9. The second-order valence-corrected chi connectivity index (χ2v) is 8.07. The van der Waals surface area contributed by atoms with Crippen molar-refractivity contribution in [1.29, 1.82) is 0 Å². The van der Waals surface area contributed by atoms with Gasteiger partial charge in [0.05, 0.1) is 0 Å². The van der Waals surface area contributed by atoms with Gasteiger partial charge in [0.25, 0.3) is 0 Å². The second kappa shape index (κ2) is 8.92. The van der Waals surface area contributed by atoms with Crippen LogP contribution in [0.25, 0.3) is 6.08 Å². The summed E-state index contributed by atoms with van der Waals surface area (Å²) in [5.74, 6) is 1.28. The van der Waals surface area contributed by atoms with Gasteiger partial charge in [0.1, 0.15) is 13.2 Å². The highest BCUT2D eigenvalue weighted by atomic mass is 35.5. The summed E-state index contributed by atoms with van der Waals surface area (Å²) in [7, 11) is 0. The molecule has 0 N–H and O–H groups in total. The molecule has 0 radical (unpaired) electrons. The van der Waals surface area contributed by atoms with Crippen molar-refractivity contribution >= 4 is 29.4 Å². The molecule has 0 atom stereocenters. The maximum atomic E-state index is 12.9. The molecule has 1 amide bonds. The van der Waals surface area contributed by atoms with E-state index in [1.165, 1.54) is 0 Å². The molecule has 2 aliphatic rings. The molecule has 0 aliphatic carbocycles. The third-order valence-electron chi connectivity index (χ3n) is 5.62. The molecule has 1 saturated heterocycles. The number of likely N-dealkylation sites (tertiary alicyclic amines) is 1. The molecule has 0 bridgehead atoms. The average molecular weight is 426 g/mol. The van der Waals surface area contributed by atoms with E-state index in [-0.39, 0.29) is 17.6 Å². The number of ketones is 1. The molecule has 0 spiro atoms. The Morgan fingerprint density at radius 1 is 1.03 bits per heavy atom. The van der Waals surface area contributed by atoms with Crippen LogP contribution >= 0.6 is 11.6 Å². The number of piperidine rings is 1. The number of fused-ring (bicyclic) bond motifs is 1. The molecule has 30 heavy (non-hydrogen) atoms. The fraction of sp³-hybridized carbons (Fsp3) is 0.333. The van der Waals surface area contributed by atoms with Crippen molar-refractivity contribution in [3.05, 3.63) is 64.2 Å².